The molecule has 20 heavy (non-hydrogen) atoms. The van der Waals surface area contributed by atoms with E-state index in [0.717, 1.165) is 38.9 Å². The molecule has 1 aliphatic rings. The highest BCUT2D eigenvalue weighted by molar-refractivity contribution is 5.84. The fourth-order valence-electron chi connectivity index (χ4n) is 2.78. The molecule has 1 amide bonds. The van der Waals surface area contributed by atoms with Gasteiger partial charge in [-0.15, -0.1) is 0 Å². The topological polar surface area (TPSA) is 60.9 Å². The molecule has 1 fully saturated rings. The maximum Gasteiger partial charge on any atom is 0.307 e. The Morgan fingerprint density at radius 2 is 1.80 bits per heavy atom. The van der Waals surface area contributed by atoms with Gasteiger partial charge in [-0.1, -0.05) is 20.8 Å². The first-order valence-corrected chi connectivity index (χ1v) is 7.60. The number of rotatable bonds is 6. The maximum atomic E-state index is 12.3. The van der Waals surface area contributed by atoms with Gasteiger partial charge in [0.1, 0.15) is 0 Å². The molecule has 2 atom stereocenters. The standard InChI is InChI=1S/C15H28N2O3/c1-5-8-17-9-6-13(7-10-17)16(4)14(18)11(2)12(3)15(19)20/h11-13H,5-10H2,1-4H3,(H,19,20). The molecule has 2 unspecified atom stereocenters. The van der Waals surface area contributed by atoms with Crippen LogP contribution < -0.4 is 0 Å². The zero-order valence-corrected chi connectivity index (χ0v) is 13.1. The molecule has 0 aromatic heterocycles. The van der Waals surface area contributed by atoms with Gasteiger partial charge < -0.3 is 14.9 Å². The predicted molar refractivity (Wildman–Crippen MR) is 78.5 cm³/mol. The van der Waals surface area contributed by atoms with Gasteiger partial charge in [0.25, 0.3) is 0 Å². The number of hydrogen-bond acceptors (Lipinski definition) is 3. The van der Waals surface area contributed by atoms with Crippen molar-refractivity contribution in [3.8, 4) is 0 Å². The van der Waals surface area contributed by atoms with Crippen molar-refractivity contribution < 1.29 is 14.7 Å². The van der Waals surface area contributed by atoms with Crippen LogP contribution in [0.5, 0.6) is 0 Å². The Morgan fingerprint density at radius 3 is 2.25 bits per heavy atom. The highest BCUT2D eigenvalue weighted by Crippen LogP contribution is 2.20. The van der Waals surface area contributed by atoms with Crippen molar-refractivity contribution in [3.05, 3.63) is 0 Å². The largest absolute Gasteiger partial charge is 0.481 e. The Labute approximate surface area is 121 Å². The second kappa shape index (κ2) is 7.62. The van der Waals surface area contributed by atoms with Crippen molar-refractivity contribution in [1.29, 1.82) is 0 Å². The molecule has 0 aliphatic carbocycles. The first-order valence-electron chi connectivity index (χ1n) is 7.60. The van der Waals surface area contributed by atoms with Crippen molar-refractivity contribution in [3.63, 3.8) is 0 Å². The molecule has 1 rings (SSSR count). The van der Waals surface area contributed by atoms with E-state index in [4.69, 9.17) is 5.11 Å². The van der Waals surface area contributed by atoms with Crippen LogP contribution in [0.2, 0.25) is 0 Å². The van der Waals surface area contributed by atoms with Gasteiger partial charge >= 0.3 is 5.97 Å². The summed E-state index contributed by atoms with van der Waals surface area (Å²) in [5.41, 5.74) is 0. The highest BCUT2D eigenvalue weighted by Gasteiger charge is 2.32. The van der Waals surface area contributed by atoms with Crippen LogP contribution in [0.3, 0.4) is 0 Å². The van der Waals surface area contributed by atoms with Crippen LogP contribution in [0, 0.1) is 11.8 Å². The molecule has 1 aliphatic heterocycles. The number of carbonyl (C=O) groups is 2. The number of hydrogen-bond donors (Lipinski definition) is 1. The molecule has 1 N–H and O–H groups in total. The summed E-state index contributed by atoms with van der Waals surface area (Å²) in [6.45, 7) is 8.66. The fraction of sp³-hybridized carbons (Fsp3) is 0.867. The second-order valence-corrected chi connectivity index (χ2v) is 5.94. The van der Waals surface area contributed by atoms with Crippen molar-refractivity contribution in [2.45, 2.75) is 46.1 Å². The normalized spacial score (nSPS) is 20.4. The van der Waals surface area contributed by atoms with Crippen LogP contribution in [0.4, 0.5) is 0 Å². The molecule has 0 aromatic carbocycles. The molecule has 116 valence electrons. The second-order valence-electron chi connectivity index (χ2n) is 5.94. The minimum Gasteiger partial charge on any atom is -0.481 e. The molecule has 5 nitrogen and oxygen atoms in total. The van der Waals surface area contributed by atoms with E-state index in [1.54, 1.807) is 18.7 Å². The van der Waals surface area contributed by atoms with Gasteiger partial charge in [0.05, 0.1) is 5.92 Å². The van der Waals surface area contributed by atoms with Crippen molar-refractivity contribution in [2.24, 2.45) is 11.8 Å². The number of aliphatic carboxylic acids is 1. The minimum absolute atomic E-state index is 0.0474. The Bertz CT molecular complexity index is 338. The quantitative estimate of drug-likeness (QED) is 0.806. The first kappa shape index (κ1) is 17.0. The van der Waals surface area contributed by atoms with Gasteiger partial charge in [-0.25, -0.2) is 0 Å². The molecule has 0 bridgehead atoms. The van der Waals surface area contributed by atoms with Gasteiger partial charge in [-0.3, -0.25) is 9.59 Å². The van der Waals surface area contributed by atoms with Gasteiger partial charge in [0.15, 0.2) is 0 Å². The zero-order valence-electron chi connectivity index (χ0n) is 13.1. The number of amides is 1. The van der Waals surface area contributed by atoms with Crippen LogP contribution in [0.1, 0.15) is 40.0 Å². The molecule has 0 aromatic rings. The van der Waals surface area contributed by atoms with Crippen LogP contribution in [0.15, 0.2) is 0 Å². The summed E-state index contributed by atoms with van der Waals surface area (Å²) in [6.07, 6.45) is 3.12. The van der Waals surface area contributed by atoms with Gasteiger partial charge in [-0.2, -0.15) is 0 Å². The summed E-state index contributed by atoms with van der Waals surface area (Å²) in [7, 11) is 1.81. The fourth-order valence-corrected chi connectivity index (χ4v) is 2.78. The zero-order chi connectivity index (χ0) is 15.3. The van der Waals surface area contributed by atoms with E-state index >= 15 is 0 Å². The SMILES string of the molecule is CCCN1CCC(N(C)C(=O)C(C)C(C)C(=O)O)CC1. The maximum absolute atomic E-state index is 12.3. The average molecular weight is 284 g/mol. The van der Waals surface area contributed by atoms with Gasteiger partial charge in [-0.05, 0) is 25.8 Å². The third-order valence-electron chi connectivity index (χ3n) is 4.52. The molecular weight excluding hydrogens is 256 g/mol. The van der Waals surface area contributed by atoms with Crippen molar-refractivity contribution in [1.82, 2.24) is 9.80 Å². The van der Waals surface area contributed by atoms with Crippen LogP contribution in [0.25, 0.3) is 0 Å². The molecule has 5 heteroatoms. The molecule has 0 spiro atoms. The van der Waals surface area contributed by atoms with Gasteiger partial charge in [0, 0.05) is 32.1 Å². The summed E-state index contributed by atoms with van der Waals surface area (Å²) in [6, 6.07) is 0.249. The number of carboxylic acids is 1. The van der Waals surface area contributed by atoms with Crippen molar-refractivity contribution in [2.75, 3.05) is 26.7 Å². The lowest BCUT2D eigenvalue weighted by Gasteiger charge is -2.38. The van der Waals surface area contributed by atoms with E-state index in [9.17, 15) is 9.59 Å². The average Bonchev–Trinajstić information content (AvgIpc) is 2.45. The van der Waals surface area contributed by atoms with E-state index in [0.29, 0.717) is 0 Å². The van der Waals surface area contributed by atoms with Crippen molar-refractivity contribution >= 4 is 11.9 Å². The number of carboxylic acid groups (broad SMARTS) is 1. The molecular formula is C15H28N2O3. The van der Waals surface area contributed by atoms with Crippen LogP contribution in [-0.4, -0.2) is 59.5 Å². The van der Waals surface area contributed by atoms with Gasteiger partial charge in [0.2, 0.25) is 5.91 Å². The number of piperidine rings is 1. The lowest BCUT2D eigenvalue weighted by molar-refractivity contribution is -0.149. The Balaban J connectivity index is 2.52. The summed E-state index contributed by atoms with van der Waals surface area (Å²) in [4.78, 5) is 27.5. The monoisotopic (exact) mass is 284 g/mol. The first-order chi connectivity index (χ1) is 9.38. The van der Waals surface area contributed by atoms with Crippen LogP contribution in [-0.2, 0) is 9.59 Å². The number of nitrogens with zero attached hydrogens (tertiary/aromatic N) is 2. The molecule has 1 heterocycles. The Hall–Kier alpha value is -1.10. The lowest BCUT2D eigenvalue weighted by atomic mass is 9.93. The molecule has 0 radical (unpaired) electrons. The molecule has 1 saturated heterocycles. The van der Waals surface area contributed by atoms with E-state index < -0.39 is 17.8 Å². The Morgan fingerprint density at radius 1 is 1.25 bits per heavy atom. The van der Waals surface area contributed by atoms with Crippen LogP contribution >= 0.6 is 0 Å². The highest BCUT2D eigenvalue weighted by atomic mass is 16.4. The van der Waals surface area contributed by atoms with E-state index in [1.165, 1.54) is 0 Å². The predicted octanol–water partition coefficient (Wildman–Crippen LogP) is 1.68. The third kappa shape index (κ3) is 4.20. The smallest absolute Gasteiger partial charge is 0.307 e. The molecule has 0 saturated carbocycles. The number of likely N-dealkylation sites (tertiary alicyclic amines) is 1. The summed E-state index contributed by atoms with van der Waals surface area (Å²) < 4.78 is 0. The van der Waals surface area contributed by atoms with E-state index in [1.807, 2.05) is 7.05 Å². The van der Waals surface area contributed by atoms with E-state index in [-0.39, 0.29) is 11.9 Å². The summed E-state index contributed by atoms with van der Waals surface area (Å²) in [5.74, 6) is -2.05. The summed E-state index contributed by atoms with van der Waals surface area (Å²) in [5, 5.41) is 9.01. The lowest BCUT2D eigenvalue weighted by Crippen LogP contribution is -2.48. The minimum atomic E-state index is -0.906. The summed E-state index contributed by atoms with van der Waals surface area (Å²) >= 11 is 0. The Kier molecular flexibility index (Phi) is 6.46. The van der Waals surface area contributed by atoms with E-state index in [2.05, 4.69) is 11.8 Å². The number of carbonyl (C=O) groups excluding carboxylic acids is 1. The third-order valence-corrected chi connectivity index (χ3v) is 4.52.